The van der Waals surface area contributed by atoms with Gasteiger partial charge in [-0.3, -0.25) is 4.79 Å². The summed E-state index contributed by atoms with van der Waals surface area (Å²) >= 11 is 0. The number of hydrogen-bond donors (Lipinski definition) is 0. The van der Waals surface area contributed by atoms with Gasteiger partial charge in [0, 0.05) is 6.61 Å². The normalized spacial score (nSPS) is 11.8. The minimum absolute atomic E-state index is 0.0576. The van der Waals surface area contributed by atoms with E-state index in [1.165, 1.54) is 4.68 Å². The van der Waals surface area contributed by atoms with Crippen LogP contribution < -0.4 is 10.3 Å². The summed E-state index contributed by atoms with van der Waals surface area (Å²) in [7, 11) is 0. The lowest BCUT2D eigenvalue weighted by Gasteiger charge is -2.23. The summed E-state index contributed by atoms with van der Waals surface area (Å²) in [5, 5.41) is 4.32. The second-order valence-corrected chi connectivity index (χ2v) is 8.12. The highest BCUT2D eigenvalue weighted by Crippen LogP contribution is 2.24. The SMILES string of the molecule is CCCOCc1ccc(COc2cnn(C(C)(C)C)c(=O)c2C(C)C)cc1. The molecule has 0 bridgehead atoms. The maximum absolute atomic E-state index is 12.9. The van der Waals surface area contributed by atoms with Gasteiger partial charge in [0.2, 0.25) is 0 Å². The van der Waals surface area contributed by atoms with Gasteiger partial charge in [0.15, 0.2) is 0 Å². The van der Waals surface area contributed by atoms with E-state index in [1.807, 2.05) is 58.9 Å². The highest BCUT2D eigenvalue weighted by molar-refractivity contribution is 5.32. The van der Waals surface area contributed by atoms with E-state index in [2.05, 4.69) is 12.0 Å². The first kappa shape index (κ1) is 21.2. The lowest BCUT2D eigenvalue weighted by atomic mass is 10.0. The fourth-order valence-electron chi connectivity index (χ4n) is 2.80. The molecule has 0 aliphatic rings. The highest BCUT2D eigenvalue weighted by Gasteiger charge is 2.22. The van der Waals surface area contributed by atoms with Gasteiger partial charge in [-0.25, -0.2) is 4.68 Å². The second-order valence-electron chi connectivity index (χ2n) is 8.12. The van der Waals surface area contributed by atoms with Crippen molar-refractivity contribution in [2.45, 2.75) is 72.6 Å². The van der Waals surface area contributed by atoms with Crippen molar-refractivity contribution in [3.05, 3.63) is 57.5 Å². The second kappa shape index (κ2) is 9.18. The van der Waals surface area contributed by atoms with Crippen molar-refractivity contribution in [1.82, 2.24) is 9.78 Å². The summed E-state index contributed by atoms with van der Waals surface area (Å²) < 4.78 is 13.0. The van der Waals surface area contributed by atoms with Crippen LogP contribution in [0, 0.1) is 0 Å². The molecule has 0 atom stereocenters. The summed E-state index contributed by atoms with van der Waals surface area (Å²) in [6.45, 7) is 13.8. The van der Waals surface area contributed by atoms with E-state index >= 15 is 0 Å². The molecule has 2 rings (SSSR count). The molecule has 5 heteroatoms. The van der Waals surface area contributed by atoms with Gasteiger partial charge in [0.25, 0.3) is 5.56 Å². The summed E-state index contributed by atoms with van der Waals surface area (Å²) in [5.41, 5.74) is 2.41. The van der Waals surface area contributed by atoms with Crippen LogP contribution in [0.3, 0.4) is 0 Å². The third-order valence-electron chi connectivity index (χ3n) is 4.23. The van der Waals surface area contributed by atoms with Gasteiger partial charge in [-0.15, -0.1) is 0 Å². The number of ether oxygens (including phenoxy) is 2. The van der Waals surface area contributed by atoms with E-state index in [-0.39, 0.29) is 17.0 Å². The topological polar surface area (TPSA) is 53.4 Å². The molecule has 1 heterocycles. The number of rotatable bonds is 8. The summed E-state index contributed by atoms with van der Waals surface area (Å²) in [4.78, 5) is 12.9. The summed E-state index contributed by atoms with van der Waals surface area (Å²) in [5.74, 6) is 0.619. The summed E-state index contributed by atoms with van der Waals surface area (Å²) in [6, 6.07) is 8.16. The molecular formula is C22H32N2O3. The van der Waals surface area contributed by atoms with Crippen LogP contribution in [0.4, 0.5) is 0 Å². The van der Waals surface area contributed by atoms with Gasteiger partial charge in [-0.1, -0.05) is 45.0 Å². The number of benzene rings is 1. The quantitative estimate of drug-likeness (QED) is 0.634. The largest absolute Gasteiger partial charge is 0.487 e. The van der Waals surface area contributed by atoms with E-state index in [0.717, 1.165) is 24.2 Å². The fourth-order valence-corrected chi connectivity index (χ4v) is 2.80. The van der Waals surface area contributed by atoms with E-state index < -0.39 is 0 Å². The molecule has 2 aromatic rings. The first-order valence-electron chi connectivity index (χ1n) is 9.65. The van der Waals surface area contributed by atoms with Crippen molar-refractivity contribution >= 4 is 0 Å². The Morgan fingerprint density at radius 3 is 2.19 bits per heavy atom. The minimum Gasteiger partial charge on any atom is -0.487 e. The molecule has 0 saturated heterocycles. The molecule has 0 N–H and O–H groups in total. The number of nitrogens with zero attached hydrogens (tertiary/aromatic N) is 2. The molecule has 0 saturated carbocycles. The van der Waals surface area contributed by atoms with Gasteiger partial charge in [-0.2, -0.15) is 5.10 Å². The van der Waals surface area contributed by atoms with E-state index in [4.69, 9.17) is 9.47 Å². The molecule has 0 aliphatic heterocycles. The maximum atomic E-state index is 12.9. The van der Waals surface area contributed by atoms with Crippen molar-refractivity contribution in [2.75, 3.05) is 6.61 Å². The first-order chi connectivity index (χ1) is 12.7. The Morgan fingerprint density at radius 2 is 1.67 bits per heavy atom. The number of hydrogen-bond acceptors (Lipinski definition) is 4. The Hall–Kier alpha value is -2.14. The van der Waals surface area contributed by atoms with Crippen LogP contribution in [0.25, 0.3) is 0 Å². The Morgan fingerprint density at radius 1 is 1.07 bits per heavy atom. The molecule has 0 fully saturated rings. The third kappa shape index (κ3) is 5.67. The molecule has 0 radical (unpaired) electrons. The van der Waals surface area contributed by atoms with Crippen molar-refractivity contribution in [3.63, 3.8) is 0 Å². The van der Waals surface area contributed by atoms with Crippen LogP contribution in [0.2, 0.25) is 0 Å². The van der Waals surface area contributed by atoms with Crippen molar-refractivity contribution in [2.24, 2.45) is 0 Å². The molecule has 0 aliphatic carbocycles. The lowest BCUT2D eigenvalue weighted by molar-refractivity contribution is 0.121. The van der Waals surface area contributed by atoms with Gasteiger partial charge in [-0.05, 0) is 44.2 Å². The van der Waals surface area contributed by atoms with Gasteiger partial charge >= 0.3 is 0 Å². The summed E-state index contributed by atoms with van der Waals surface area (Å²) in [6.07, 6.45) is 2.68. The van der Waals surface area contributed by atoms with Gasteiger partial charge in [0.1, 0.15) is 12.4 Å². The Balaban J connectivity index is 2.13. The van der Waals surface area contributed by atoms with E-state index in [1.54, 1.807) is 6.20 Å². The standard InChI is InChI=1S/C22H32N2O3/c1-7-12-26-14-17-8-10-18(11-9-17)15-27-19-13-23-24(22(4,5)6)21(25)20(19)16(2)3/h8-11,13,16H,7,12,14-15H2,1-6H3. The van der Waals surface area contributed by atoms with Gasteiger partial charge < -0.3 is 9.47 Å². The van der Waals surface area contributed by atoms with Crippen LogP contribution in [0.15, 0.2) is 35.3 Å². The zero-order valence-electron chi connectivity index (χ0n) is 17.4. The van der Waals surface area contributed by atoms with E-state index in [9.17, 15) is 4.79 Å². The van der Waals surface area contributed by atoms with Gasteiger partial charge in [0.05, 0.1) is 23.9 Å². The predicted octanol–water partition coefficient (Wildman–Crippen LogP) is 4.63. The Kier molecular flexibility index (Phi) is 7.19. The molecule has 0 amide bonds. The van der Waals surface area contributed by atoms with Crippen LogP contribution >= 0.6 is 0 Å². The molecule has 1 aromatic carbocycles. The van der Waals surface area contributed by atoms with Crippen molar-refractivity contribution in [3.8, 4) is 5.75 Å². The zero-order chi connectivity index (χ0) is 20.0. The van der Waals surface area contributed by atoms with E-state index in [0.29, 0.717) is 24.5 Å². The van der Waals surface area contributed by atoms with Crippen LogP contribution in [0.1, 0.15) is 70.6 Å². The molecule has 0 unspecified atom stereocenters. The molecule has 148 valence electrons. The lowest BCUT2D eigenvalue weighted by Crippen LogP contribution is -2.38. The molecular weight excluding hydrogens is 340 g/mol. The Labute approximate surface area is 162 Å². The molecule has 5 nitrogen and oxygen atoms in total. The smallest absolute Gasteiger partial charge is 0.274 e. The van der Waals surface area contributed by atoms with Crippen LogP contribution in [-0.4, -0.2) is 16.4 Å². The predicted molar refractivity (Wildman–Crippen MR) is 108 cm³/mol. The molecule has 1 aromatic heterocycles. The molecule has 0 spiro atoms. The van der Waals surface area contributed by atoms with Crippen LogP contribution in [-0.2, 0) is 23.5 Å². The fraction of sp³-hybridized carbons (Fsp3) is 0.545. The first-order valence-corrected chi connectivity index (χ1v) is 9.65. The Bertz CT molecular complexity index is 787. The number of aromatic nitrogens is 2. The van der Waals surface area contributed by atoms with Crippen molar-refractivity contribution < 1.29 is 9.47 Å². The zero-order valence-corrected chi connectivity index (χ0v) is 17.4. The van der Waals surface area contributed by atoms with Crippen LogP contribution in [0.5, 0.6) is 5.75 Å². The van der Waals surface area contributed by atoms with Crippen molar-refractivity contribution in [1.29, 1.82) is 0 Å². The highest BCUT2D eigenvalue weighted by atomic mass is 16.5. The third-order valence-corrected chi connectivity index (χ3v) is 4.23. The monoisotopic (exact) mass is 372 g/mol. The molecule has 27 heavy (non-hydrogen) atoms. The minimum atomic E-state index is -0.366. The average molecular weight is 373 g/mol. The maximum Gasteiger partial charge on any atom is 0.274 e. The average Bonchev–Trinajstić information content (AvgIpc) is 2.59.